The molecule has 5 nitrogen and oxygen atoms in total. The Morgan fingerprint density at radius 1 is 1.32 bits per heavy atom. The molecule has 1 aromatic carbocycles. The standard InChI is InChI=1S/C14H18N4O/c1-2-3-4-8-11-15-18-13(16-17-14(18)19)12-9-6-5-7-10-12/h5-7,9-11H,2-4,8H2,1H3,(H,17,19)/b15-11-. The molecule has 0 saturated heterocycles. The molecule has 1 aromatic heterocycles. The first-order valence-corrected chi connectivity index (χ1v) is 6.58. The van der Waals surface area contributed by atoms with Crippen LogP contribution in [0.5, 0.6) is 0 Å². The van der Waals surface area contributed by atoms with Crippen LogP contribution in [0.1, 0.15) is 32.6 Å². The highest BCUT2D eigenvalue weighted by molar-refractivity contribution is 5.59. The van der Waals surface area contributed by atoms with Crippen LogP contribution in [0.2, 0.25) is 0 Å². The van der Waals surface area contributed by atoms with Crippen molar-refractivity contribution in [2.24, 2.45) is 5.10 Å². The number of hydrogen-bond acceptors (Lipinski definition) is 3. The maximum Gasteiger partial charge on any atom is 0.364 e. The van der Waals surface area contributed by atoms with E-state index in [1.807, 2.05) is 30.3 Å². The van der Waals surface area contributed by atoms with Crippen molar-refractivity contribution in [2.75, 3.05) is 0 Å². The fraction of sp³-hybridized carbons (Fsp3) is 0.357. The third-order valence-corrected chi connectivity index (χ3v) is 2.82. The van der Waals surface area contributed by atoms with Gasteiger partial charge in [0.05, 0.1) is 0 Å². The Bertz CT molecular complexity index is 583. The lowest BCUT2D eigenvalue weighted by atomic mass is 10.2. The zero-order chi connectivity index (χ0) is 13.5. The Morgan fingerprint density at radius 2 is 2.11 bits per heavy atom. The van der Waals surface area contributed by atoms with Crippen molar-refractivity contribution in [3.8, 4) is 11.4 Å². The van der Waals surface area contributed by atoms with E-state index in [2.05, 4.69) is 22.2 Å². The molecule has 2 rings (SSSR count). The second-order valence-electron chi connectivity index (χ2n) is 4.32. The number of aromatic amines is 1. The number of benzene rings is 1. The van der Waals surface area contributed by atoms with Crippen LogP contribution >= 0.6 is 0 Å². The largest absolute Gasteiger partial charge is 0.364 e. The number of aromatic nitrogens is 3. The molecule has 5 heteroatoms. The molecule has 0 atom stereocenters. The molecule has 0 spiro atoms. The van der Waals surface area contributed by atoms with E-state index in [0.717, 1.165) is 18.4 Å². The molecule has 0 unspecified atom stereocenters. The minimum atomic E-state index is -0.314. The predicted octanol–water partition coefficient (Wildman–Crippen LogP) is 2.65. The summed E-state index contributed by atoms with van der Waals surface area (Å²) in [6.45, 7) is 2.16. The van der Waals surface area contributed by atoms with Gasteiger partial charge in [-0.25, -0.2) is 9.89 Å². The molecule has 2 aromatic rings. The van der Waals surface area contributed by atoms with E-state index < -0.39 is 0 Å². The molecular formula is C14H18N4O. The Hall–Kier alpha value is -2.17. The molecule has 0 aliphatic carbocycles. The van der Waals surface area contributed by atoms with Crippen molar-refractivity contribution in [3.05, 3.63) is 40.8 Å². The zero-order valence-electron chi connectivity index (χ0n) is 11.0. The van der Waals surface area contributed by atoms with Crippen molar-refractivity contribution in [3.63, 3.8) is 0 Å². The highest BCUT2D eigenvalue weighted by atomic mass is 16.2. The second-order valence-corrected chi connectivity index (χ2v) is 4.32. The van der Waals surface area contributed by atoms with Crippen LogP contribution in [0, 0.1) is 0 Å². The van der Waals surface area contributed by atoms with E-state index in [0.29, 0.717) is 5.82 Å². The lowest BCUT2D eigenvalue weighted by Crippen LogP contribution is -2.13. The van der Waals surface area contributed by atoms with Crippen LogP contribution in [-0.2, 0) is 0 Å². The molecular weight excluding hydrogens is 240 g/mol. The molecule has 1 heterocycles. The van der Waals surface area contributed by atoms with Crippen LogP contribution < -0.4 is 5.69 Å². The van der Waals surface area contributed by atoms with E-state index >= 15 is 0 Å². The minimum absolute atomic E-state index is 0.314. The van der Waals surface area contributed by atoms with E-state index in [-0.39, 0.29) is 5.69 Å². The van der Waals surface area contributed by atoms with Crippen molar-refractivity contribution < 1.29 is 0 Å². The summed E-state index contributed by atoms with van der Waals surface area (Å²) in [5.74, 6) is 0.539. The van der Waals surface area contributed by atoms with Gasteiger partial charge in [-0.3, -0.25) is 0 Å². The third-order valence-electron chi connectivity index (χ3n) is 2.82. The topological polar surface area (TPSA) is 63.0 Å². The van der Waals surface area contributed by atoms with Gasteiger partial charge >= 0.3 is 5.69 Å². The summed E-state index contributed by atoms with van der Waals surface area (Å²) < 4.78 is 1.31. The van der Waals surface area contributed by atoms with Crippen LogP contribution in [-0.4, -0.2) is 21.1 Å². The fourth-order valence-corrected chi connectivity index (χ4v) is 1.80. The summed E-state index contributed by atoms with van der Waals surface area (Å²) in [5.41, 5.74) is 0.553. The molecule has 0 radical (unpaired) electrons. The lowest BCUT2D eigenvalue weighted by Gasteiger charge is -1.99. The lowest BCUT2D eigenvalue weighted by molar-refractivity contribution is 0.740. The first-order valence-electron chi connectivity index (χ1n) is 6.58. The maximum atomic E-state index is 11.7. The van der Waals surface area contributed by atoms with Crippen molar-refractivity contribution >= 4 is 6.21 Å². The highest BCUT2D eigenvalue weighted by Gasteiger charge is 2.08. The summed E-state index contributed by atoms with van der Waals surface area (Å²) in [6.07, 6.45) is 6.10. The van der Waals surface area contributed by atoms with Gasteiger partial charge in [0, 0.05) is 11.8 Å². The molecule has 0 amide bonds. The van der Waals surface area contributed by atoms with Gasteiger partial charge < -0.3 is 0 Å². The third kappa shape index (κ3) is 3.40. The second kappa shape index (κ2) is 6.68. The molecule has 19 heavy (non-hydrogen) atoms. The van der Waals surface area contributed by atoms with Gasteiger partial charge in [0.2, 0.25) is 0 Å². The SMILES string of the molecule is CCCCC/C=N\n1c(-c2ccccc2)n[nH]c1=O. The Kier molecular flexibility index (Phi) is 4.66. The number of hydrogen-bond donors (Lipinski definition) is 1. The van der Waals surface area contributed by atoms with E-state index in [4.69, 9.17) is 0 Å². The normalized spacial score (nSPS) is 11.2. The number of unbranched alkanes of at least 4 members (excludes halogenated alkanes) is 3. The van der Waals surface area contributed by atoms with E-state index in [1.54, 1.807) is 6.21 Å². The first-order chi connectivity index (χ1) is 9.33. The number of H-pyrrole nitrogens is 1. The summed E-state index contributed by atoms with van der Waals surface area (Å²) in [6, 6.07) is 9.54. The van der Waals surface area contributed by atoms with Gasteiger partial charge in [-0.15, -0.1) is 0 Å². The molecule has 100 valence electrons. The van der Waals surface area contributed by atoms with Crippen LogP contribution in [0.3, 0.4) is 0 Å². The number of nitrogens with zero attached hydrogens (tertiary/aromatic N) is 3. The van der Waals surface area contributed by atoms with E-state index in [9.17, 15) is 4.79 Å². The van der Waals surface area contributed by atoms with Gasteiger partial charge in [0.15, 0.2) is 5.82 Å². The monoisotopic (exact) mass is 258 g/mol. The van der Waals surface area contributed by atoms with Crippen LogP contribution in [0.4, 0.5) is 0 Å². The molecule has 1 N–H and O–H groups in total. The maximum absolute atomic E-state index is 11.7. The number of nitrogens with one attached hydrogen (secondary N) is 1. The fourth-order valence-electron chi connectivity index (χ4n) is 1.80. The van der Waals surface area contributed by atoms with Crippen molar-refractivity contribution in [1.29, 1.82) is 0 Å². The quantitative estimate of drug-likeness (QED) is 0.639. The molecule has 0 aliphatic heterocycles. The van der Waals surface area contributed by atoms with Crippen LogP contribution in [0.15, 0.2) is 40.2 Å². The van der Waals surface area contributed by atoms with Gasteiger partial charge in [-0.05, 0) is 12.8 Å². The molecule has 0 saturated carbocycles. The van der Waals surface area contributed by atoms with Gasteiger partial charge in [-0.1, -0.05) is 50.1 Å². The highest BCUT2D eigenvalue weighted by Crippen LogP contribution is 2.13. The zero-order valence-corrected chi connectivity index (χ0v) is 11.0. The summed E-state index contributed by atoms with van der Waals surface area (Å²) in [5, 5.41) is 10.6. The molecule has 0 bridgehead atoms. The van der Waals surface area contributed by atoms with Crippen molar-refractivity contribution in [2.45, 2.75) is 32.6 Å². The number of rotatable bonds is 6. The average molecular weight is 258 g/mol. The molecule has 0 aliphatic rings. The minimum Gasteiger partial charge on any atom is -0.244 e. The van der Waals surface area contributed by atoms with Gasteiger partial charge in [-0.2, -0.15) is 14.9 Å². The Balaban J connectivity index is 2.17. The Labute approximate surface area is 112 Å². The van der Waals surface area contributed by atoms with Gasteiger partial charge in [0.1, 0.15) is 0 Å². The Morgan fingerprint density at radius 3 is 2.84 bits per heavy atom. The first kappa shape index (κ1) is 13.3. The van der Waals surface area contributed by atoms with Gasteiger partial charge in [0.25, 0.3) is 0 Å². The summed E-state index contributed by atoms with van der Waals surface area (Å²) >= 11 is 0. The summed E-state index contributed by atoms with van der Waals surface area (Å²) in [7, 11) is 0. The smallest absolute Gasteiger partial charge is 0.244 e. The predicted molar refractivity (Wildman–Crippen MR) is 76.3 cm³/mol. The average Bonchev–Trinajstić information content (AvgIpc) is 2.81. The van der Waals surface area contributed by atoms with E-state index in [1.165, 1.54) is 17.5 Å². The summed E-state index contributed by atoms with van der Waals surface area (Å²) in [4.78, 5) is 11.7. The van der Waals surface area contributed by atoms with Crippen LogP contribution in [0.25, 0.3) is 11.4 Å². The molecule has 0 fully saturated rings. The van der Waals surface area contributed by atoms with Crippen molar-refractivity contribution in [1.82, 2.24) is 14.9 Å².